The number of hydrogen-bond donors (Lipinski definition) is 1. The summed E-state index contributed by atoms with van der Waals surface area (Å²) in [7, 11) is -3.10. The lowest BCUT2D eigenvalue weighted by Crippen LogP contribution is -2.46. The van der Waals surface area contributed by atoms with Gasteiger partial charge in [-0.1, -0.05) is 20.8 Å². The van der Waals surface area contributed by atoms with Crippen molar-refractivity contribution in [3.05, 3.63) is 0 Å². The van der Waals surface area contributed by atoms with Crippen molar-refractivity contribution < 1.29 is 8.42 Å². The molecular weight excluding hydrogens is 198 g/mol. The standard InChI is InChI=1S/C10H23NO2S/c1-7-14(12,13)11-10(5,6)8-9(2,3)4/h11H,7-8H2,1-6H3. The summed E-state index contributed by atoms with van der Waals surface area (Å²) in [4.78, 5) is 0. The Morgan fingerprint density at radius 3 is 1.79 bits per heavy atom. The Morgan fingerprint density at radius 1 is 1.07 bits per heavy atom. The molecule has 0 aromatic rings. The molecule has 0 rings (SSSR count). The van der Waals surface area contributed by atoms with Crippen molar-refractivity contribution in [2.75, 3.05) is 5.75 Å². The Morgan fingerprint density at radius 2 is 1.50 bits per heavy atom. The van der Waals surface area contributed by atoms with E-state index in [0.717, 1.165) is 6.42 Å². The smallest absolute Gasteiger partial charge is 0.211 e. The maximum atomic E-state index is 11.4. The molecule has 0 saturated heterocycles. The molecule has 3 nitrogen and oxygen atoms in total. The minimum absolute atomic E-state index is 0.125. The van der Waals surface area contributed by atoms with Gasteiger partial charge in [-0.05, 0) is 32.6 Å². The van der Waals surface area contributed by atoms with Crippen LogP contribution >= 0.6 is 0 Å². The van der Waals surface area contributed by atoms with Gasteiger partial charge in [-0.15, -0.1) is 0 Å². The first kappa shape index (κ1) is 13.9. The first-order valence-corrected chi connectivity index (χ1v) is 6.64. The van der Waals surface area contributed by atoms with Gasteiger partial charge in [0.2, 0.25) is 10.0 Å². The van der Waals surface area contributed by atoms with E-state index in [1.165, 1.54) is 0 Å². The van der Waals surface area contributed by atoms with E-state index < -0.39 is 10.0 Å². The Kier molecular flexibility index (Phi) is 4.16. The summed E-state index contributed by atoms with van der Waals surface area (Å²) in [6.07, 6.45) is 0.819. The van der Waals surface area contributed by atoms with Crippen LogP contribution in [0.5, 0.6) is 0 Å². The molecule has 0 spiro atoms. The molecule has 0 atom stereocenters. The molecule has 0 saturated carbocycles. The average Bonchev–Trinajstić information content (AvgIpc) is 1.78. The maximum Gasteiger partial charge on any atom is 0.211 e. The molecule has 0 heterocycles. The normalized spacial score (nSPS) is 14.4. The predicted molar refractivity (Wildman–Crippen MR) is 60.7 cm³/mol. The molecule has 0 aliphatic carbocycles. The molecule has 0 unspecified atom stereocenters. The van der Waals surface area contributed by atoms with Crippen LogP contribution in [0.4, 0.5) is 0 Å². The van der Waals surface area contributed by atoms with Crippen LogP contribution < -0.4 is 4.72 Å². The number of nitrogens with one attached hydrogen (secondary N) is 1. The minimum Gasteiger partial charge on any atom is -0.212 e. The van der Waals surface area contributed by atoms with Crippen molar-refractivity contribution in [1.29, 1.82) is 0 Å². The highest BCUT2D eigenvalue weighted by atomic mass is 32.2. The molecule has 0 fully saturated rings. The zero-order chi connectivity index (χ0) is 11.6. The van der Waals surface area contributed by atoms with Crippen LogP contribution in [0.1, 0.15) is 48.0 Å². The second-order valence-corrected chi connectivity index (χ2v) is 7.64. The lowest BCUT2D eigenvalue weighted by Gasteiger charge is -2.32. The van der Waals surface area contributed by atoms with Gasteiger partial charge in [-0.25, -0.2) is 13.1 Å². The third-order valence-electron chi connectivity index (χ3n) is 1.78. The highest BCUT2D eigenvalue weighted by Crippen LogP contribution is 2.27. The molecule has 0 aromatic carbocycles. The zero-order valence-corrected chi connectivity index (χ0v) is 11.0. The number of rotatable bonds is 4. The maximum absolute atomic E-state index is 11.4. The summed E-state index contributed by atoms with van der Waals surface area (Å²) >= 11 is 0. The molecule has 0 bridgehead atoms. The van der Waals surface area contributed by atoms with Gasteiger partial charge in [-0.2, -0.15) is 0 Å². The third-order valence-corrected chi connectivity index (χ3v) is 3.41. The minimum atomic E-state index is -3.10. The van der Waals surface area contributed by atoms with Gasteiger partial charge in [0.15, 0.2) is 0 Å². The predicted octanol–water partition coefficient (Wildman–Crippen LogP) is 2.14. The molecule has 0 aliphatic rings. The molecule has 4 heteroatoms. The summed E-state index contributed by atoms with van der Waals surface area (Å²) in [5.74, 6) is 0.139. The third kappa shape index (κ3) is 6.38. The topological polar surface area (TPSA) is 46.2 Å². The van der Waals surface area contributed by atoms with E-state index in [2.05, 4.69) is 25.5 Å². The van der Waals surface area contributed by atoms with Crippen LogP contribution in [0.2, 0.25) is 0 Å². The molecular formula is C10H23NO2S. The summed E-state index contributed by atoms with van der Waals surface area (Å²) < 4.78 is 25.5. The van der Waals surface area contributed by atoms with Crippen molar-refractivity contribution in [2.24, 2.45) is 5.41 Å². The Hall–Kier alpha value is -0.0900. The summed E-state index contributed by atoms with van der Waals surface area (Å²) in [5.41, 5.74) is -0.243. The van der Waals surface area contributed by atoms with Crippen LogP contribution in [-0.4, -0.2) is 19.7 Å². The van der Waals surface area contributed by atoms with Crippen molar-refractivity contribution in [2.45, 2.75) is 53.5 Å². The molecule has 1 N–H and O–H groups in total. The van der Waals surface area contributed by atoms with E-state index in [4.69, 9.17) is 0 Å². The van der Waals surface area contributed by atoms with Gasteiger partial charge in [0.1, 0.15) is 0 Å². The fourth-order valence-electron chi connectivity index (χ4n) is 1.86. The van der Waals surface area contributed by atoms with Crippen molar-refractivity contribution in [3.63, 3.8) is 0 Å². The largest absolute Gasteiger partial charge is 0.212 e. The summed E-state index contributed by atoms with van der Waals surface area (Å²) in [5, 5.41) is 0. The zero-order valence-electron chi connectivity index (χ0n) is 10.1. The van der Waals surface area contributed by atoms with Gasteiger partial charge in [0.25, 0.3) is 0 Å². The monoisotopic (exact) mass is 221 g/mol. The Balaban J connectivity index is 4.51. The fourth-order valence-corrected chi connectivity index (χ4v) is 2.91. The van der Waals surface area contributed by atoms with Crippen molar-refractivity contribution >= 4 is 10.0 Å². The molecule has 14 heavy (non-hydrogen) atoms. The fraction of sp³-hybridized carbons (Fsp3) is 1.00. The van der Waals surface area contributed by atoms with Crippen molar-refractivity contribution in [1.82, 2.24) is 4.72 Å². The summed E-state index contributed by atoms with van der Waals surface area (Å²) in [6, 6.07) is 0. The van der Waals surface area contributed by atoms with E-state index in [-0.39, 0.29) is 16.7 Å². The number of hydrogen-bond acceptors (Lipinski definition) is 2. The van der Waals surface area contributed by atoms with E-state index in [0.29, 0.717) is 0 Å². The van der Waals surface area contributed by atoms with E-state index >= 15 is 0 Å². The van der Waals surface area contributed by atoms with Gasteiger partial charge in [0.05, 0.1) is 5.75 Å². The first-order chi connectivity index (χ1) is 5.97. The van der Waals surface area contributed by atoms with Crippen molar-refractivity contribution in [3.8, 4) is 0 Å². The highest BCUT2D eigenvalue weighted by molar-refractivity contribution is 7.89. The lowest BCUT2D eigenvalue weighted by atomic mass is 9.82. The van der Waals surface area contributed by atoms with Gasteiger partial charge in [-0.3, -0.25) is 0 Å². The molecule has 0 amide bonds. The van der Waals surface area contributed by atoms with E-state index in [1.54, 1.807) is 6.92 Å². The van der Waals surface area contributed by atoms with Crippen LogP contribution in [0.3, 0.4) is 0 Å². The molecule has 0 aliphatic heterocycles. The van der Waals surface area contributed by atoms with Gasteiger partial charge in [0, 0.05) is 5.54 Å². The SMILES string of the molecule is CCS(=O)(=O)NC(C)(C)CC(C)(C)C. The quantitative estimate of drug-likeness (QED) is 0.790. The highest BCUT2D eigenvalue weighted by Gasteiger charge is 2.28. The van der Waals surface area contributed by atoms with Crippen LogP contribution in [0.25, 0.3) is 0 Å². The first-order valence-electron chi connectivity index (χ1n) is 4.99. The molecule has 0 radical (unpaired) electrons. The van der Waals surface area contributed by atoms with E-state index in [1.807, 2.05) is 13.8 Å². The van der Waals surface area contributed by atoms with Gasteiger partial charge < -0.3 is 0 Å². The van der Waals surface area contributed by atoms with Crippen LogP contribution in [0.15, 0.2) is 0 Å². The molecule has 0 aromatic heterocycles. The second kappa shape index (κ2) is 4.19. The Bertz CT molecular complexity index is 273. The summed E-state index contributed by atoms with van der Waals surface area (Å²) in [6.45, 7) is 11.8. The van der Waals surface area contributed by atoms with Crippen LogP contribution in [-0.2, 0) is 10.0 Å². The second-order valence-electron chi connectivity index (χ2n) is 5.63. The Labute approximate surface area is 88.3 Å². The average molecular weight is 221 g/mol. The molecule has 86 valence electrons. The van der Waals surface area contributed by atoms with E-state index in [9.17, 15) is 8.42 Å². The van der Waals surface area contributed by atoms with Crippen LogP contribution in [0, 0.1) is 5.41 Å². The lowest BCUT2D eigenvalue weighted by molar-refractivity contribution is 0.269. The number of sulfonamides is 1. The van der Waals surface area contributed by atoms with Gasteiger partial charge >= 0.3 is 0 Å².